The molecule has 23 heavy (non-hydrogen) atoms. The third-order valence-electron chi connectivity index (χ3n) is 3.64. The lowest BCUT2D eigenvalue weighted by molar-refractivity contribution is 0.0361. The van der Waals surface area contributed by atoms with E-state index in [9.17, 15) is 9.46 Å². The van der Waals surface area contributed by atoms with Crippen LogP contribution in [0.4, 0.5) is 0 Å². The second-order valence-corrected chi connectivity index (χ2v) is 7.42. The Kier molecular flexibility index (Phi) is 15.6. The van der Waals surface area contributed by atoms with Crippen molar-refractivity contribution >= 4 is 7.82 Å². The average molecular weight is 354 g/mol. The summed E-state index contributed by atoms with van der Waals surface area (Å²) in [5.41, 5.74) is 0. The molecule has 0 fully saturated rings. The van der Waals surface area contributed by atoms with E-state index in [1.807, 2.05) is 0 Å². The molecule has 3 N–H and O–H groups in total. The fraction of sp³-hybridized carbons (Fsp3) is 1.00. The van der Waals surface area contributed by atoms with Crippen LogP contribution in [0.2, 0.25) is 0 Å². The van der Waals surface area contributed by atoms with E-state index >= 15 is 0 Å². The normalized spacial score (nSPS) is 15.5. The zero-order valence-electron chi connectivity index (χ0n) is 14.5. The van der Waals surface area contributed by atoms with Gasteiger partial charge in [0.2, 0.25) is 0 Å². The molecule has 7 heteroatoms. The van der Waals surface area contributed by atoms with Crippen molar-refractivity contribution in [3.05, 3.63) is 0 Å². The molecular formula is C16H35O6P. The summed E-state index contributed by atoms with van der Waals surface area (Å²) in [6.45, 7) is 1.46. The second kappa shape index (κ2) is 15.6. The predicted molar refractivity (Wildman–Crippen MR) is 91.3 cm³/mol. The number of rotatable bonds is 17. The van der Waals surface area contributed by atoms with E-state index in [2.05, 4.69) is 11.4 Å². The molecule has 0 heterocycles. The number of hydrogen-bond acceptors (Lipinski definition) is 5. The minimum absolute atomic E-state index is 0.167. The molecule has 0 aliphatic carbocycles. The lowest BCUT2D eigenvalue weighted by Crippen LogP contribution is -2.18. The van der Waals surface area contributed by atoms with Gasteiger partial charge in [-0.1, -0.05) is 71.1 Å². The molecule has 0 saturated heterocycles. The Morgan fingerprint density at radius 1 is 0.870 bits per heavy atom. The molecule has 0 radical (unpaired) electrons. The zero-order valence-corrected chi connectivity index (χ0v) is 15.4. The Morgan fingerprint density at radius 2 is 1.35 bits per heavy atom. The van der Waals surface area contributed by atoms with Crippen LogP contribution in [-0.4, -0.2) is 41.0 Å². The minimum atomic E-state index is -4.11. The third-order valence-corrected chi connectivity index (χ3v) is 4.63. The van der Waals surface area contributed by atoms with Gasteiger partial charge in [-0.2, -0.15) is 0 Å². The highest BCUT2D eigenvalue weighted by Gasteiger charge is 2.22. The summed E-state index contributed by atoms with van der Waals surface area (Å²) in [5.74, 6) is 0. The number of aliphatic hydroxyl groups excluding tert-OH is 2. The van der Waals surface area contributed by atoms with Gasteiger partial charge in [-0.05, 0) is 6.42 Å². The van der Waals surface area contributed by atoms with Gasteiger partial charge in [0, 0.05) is 0 Å². The lowest BCUT2D eigenvalue weighted by atomic mass is 10.1. The molecule has 0 rings (SSSR count). The summed E-state index contributed by atoms with van der Waals surface area (Å²) in [6.07, 6.45) is 12.0. The van der Waals surface area contributed by atoms with Crippen LogP contribution in [0.25, 0.3) is 0 Å². The Labute approximate surface area is 140 Å². The maximum Gasteiger partial charge on any atom is 0.472 e. The first-order chi connectivity index (χ1) is 11.0. The van der Waals surface area contributed by atoms with E-state index in [0.29, 0.717) is 6.42 Å². The van der Waals surface area contributed by atoms with E-state index in [4.69, 9.17) is 14.7 Å². The minimum Gasteiger partial charge on any atom is -0.394 e. The number of aliphatic hydroxyl groups is 2. The fourth-order valence-electron chi connectivity index (χ4n) is 2.22. The van der Waals surface area contributed by atoms with Crippen LogP contribution in [0, 0.1) is 0 Å². The molecule has 0 amide bonds. The number of phosphoric ester groups is 1. The molecule has 0 bridgehead atoms. The quantitative estimate of drug-likeness (QED) is 0.272. The monoisotopic (exact) mass is 354 g/mol. The molecule has 2 atom stereocenters. The highest BCUT2D eigenvalue weighted by molar-refractivity contribution is 7.47. The van der Waals surface area contributed by atoms with Crippen LogP contribution in [0.3, 0.4) is 0 Å². The highest BCUT2D eigenvalue weighted by atomic mass is 31.2. The van der Waals surface area contributed by atoms with Crippen LogP contribution in [-0.2, 0) is 13.6 Å². The van der Waals surface area contributed by atoms with Crippen molar-refractivity contribution in [1.29, 1.82) is 0 Å². The van der Waals surface area contributed by atoms with Crippen molar-refractivity contribution < 1.29 is 28.7 Å². The van der Waals surface area contributed by atoms with Crippen molar-refractivity contribution in [3.8, 4) is 0 Å². The van der Waals surface area contributed by atoms with Gasteiger partial charge in [0.1, 0.15) is 6.10 Å². The van der Waals surface area contributed by atoms with E-state index in [-0.39, 0.29) is 6.61 Å². The summed E-state index contributed by atoms with van der Waals surface area (Å²) >= 11 is 0. The number of hydrogen-bond donors (Lipinski definition) is 3. The molecule has 0 aromatic carbocycles. The lowest BCUT2D eigenvalue weighted by Gasteiger charge is -2.13. The molecule has 6 nitrogen and oxygen atoms in total. The van der Waals surface area contributed by atoms with Gasteiger partial charge in [-0.15, -0.1) is 0 Å². The Hall–Kier alpha value is 0.0300. The van der Waals surface area contributed by atoms with Gasteiger partial charge in [0.25, 0.3) is 0 Å². The summed E-state index contributed by atoms with van der Waals surface area (Å²) in [4.78, 5) is 9.34. The van der Waals surface area contributed by atoms with Gasteiger partial charge in [0.05, 0.1) is 19.8 Å². The van der Waals surface area contributed by atoms with E-state index in [1.54, 1.807) is 0 Å². The third kappa shape index (κ3) is 16.7. The average Bonchev–Trinajstić information content (AvgIpc) is 2.53. The largest absolute Gasteiger partial charge is 0.472 e. The van der Waals surface area contributed by atoms with Gasteiger partial charge in [-0.25, -0.2) is 4.57 Å². The molecule has 0 aromatic rings. The molecule has 0 spiro atoms. The fourth-order valence-corrected chi connectivity index (χ4v) is 3.01. The van der Waals surface area contributed by atoms with Crippen LogP contribution in [0.5, 0.6) is 0 Å². The van der Waals surface area contributed by atoms with Crippen LogP contribution in [0.1, 0.15) is 77.6 Å². The van der Waals surface area contributed by atoms with E-state index < -0.39 is 27.1 Å². The topological polar surface area (TPSA) is 96.2 Å². The van der Waals surface area contributed by atoms with Gasteiger partial charge in [-0.3, -0.25) is 9.05 Å². The van der Waals surface area contributed by atoms with Crippen molar-refractivity contribution in [1.82, 2.24) is 0 Å². The first-order valence-corrected chi connectivity index (χ1v) is 10.4. The first-order valence-electron chi connectivity index (χ1n) is 8.92. The molecular weight excluding hydrogens is 319 g/mol. The van der Waals surface area contributed by atoms with Crippen molar-refractivity contribution in [2.75, 3.05) is 19.8 Å². The van der Waals surface area contributed by atoms with Crippen molar-refractivity contribution in [2.24, 2.45) is 0 Å². The molecule has 0 saturated carbocycles. The second-order valence-electron chi connectivity index (χ2n) is 5.97. The Balaban J connectivity index is 3.33. The Bertz CT molecular complexity index is 300. The van der Waals surface area contributed by atoms with Crippen LogP contribution >= 0.6 is 7.82 Å². The molecule has 0 aliphatic heterocycles. The van der Waals surface area contributed by atoms with Crippen LogP contribution in [0.15, 0.2) is 0 Å². The maximum absolute atomic E-state index is 11.4. The SMILES string of the molecule is CCCCCCCCCCCCCOP(=O)(O)OCC(O)CO. The molecule has 0 aliphatic rings. The number of phosphoric acid groups is 1. The summed E-state index contributed by atoms with van der Waals surface area (Å²) < 4.78 is 20.8. The summed E-state index contributed by atoms with van der Waals surface area (Å²) in [6, 6.07) is 0. The van der Waals surface area contributed by atoms with Gasteiger partial charge < -0.3 is 15.1 Å². The van der Waals surface area contributed by atoms with E-state index in [0.717, 1.165) is 12.8 Å². The summed E-state index contributed by atoms with van der Waals surface area (Å²) in [5, 5.41) is 17.6. The van der Waals surface area contributed by atoms with Gasteiger partial charge >= 0.3 is 7.82 Å². The van der Waals surface area contributed by atoms with Crippen LogP contribution < -0.4 is 0 Å². The predicted octanol–water partition coefficient (Wildman–Crippen LogP) is 3.78. The summed E-state index contributed by atoms with van der Waals surface area (Å²) in [7, 11) is -4.11. The molecule has 0 aromatic heterocycles. The smallest absolute Gasteiger partial charge is 0.394 e. The maximum atomic E-state index is 11.4. The Morgan fingerprint density at radius 3 is 1.83 bits per heavy atom. The molecule has 140 valence electrons. The standard InChI is InChI=1S/C16H35O6P/c1-2-3-4-5-6-7-8-9-10-11-12-13-21-23(19,20)22-15-16(18)14-17/h16-18H,2-15H2,1H3,(H,19,20). The number of unbranched alkanes of at least 4 members (excludes halogenated alkanes) is 10. The molecule has 2 unspecified atom stereocenters. The van der Waals surface area contributed by atoms with Crippen molar-refractivity contribution in [2.45, 2.75) is 83.7 Å². The highest BCUT2D eigenvalue weighted by Crippen LogP contribution is 2.43. The zero-order chi connectivity index (χ0) is 17.4. The van der Waals surface area contributed by atoms with Crippen molar-refractivity contribution in [3.63, 3.8) is 0 Å². The van der Waals surface area contributed by atoms with E-state index in [1.165, 1.54) is 51.4 Å². The van der Waals surface area contributed by atoms with Gasteiger partial charge in [0.15, 0.2) is 0 Å². The first kappa shape index (κ1) is 23.0.